The first-order valence-electron chi connectivity index (χ1n) is 3.40. The van der Waals surface area contributed by atoms with Gasteiger partial charge in [-0.3, -0.25) is 0 Å². The molecule has 1 heterocycles. The topological polar surface area (TPSA) is 81.9 Å². The second-order valence-electron chi connectivity index (χ2n) is 2.34. The molecule has 0 spiro atoms. The SMILES string of the molecule is Cc1cc(CO)nc(N=[N+]=[N-])c1. The van der Waals surface area contributed by atoms with Gasteiger partial charge in [-0.1, -0.05) is 0 Å². The molecule has 0 amide bonds. The van der Waals surface area contributed by atoms with Crippen LogP contribution in [-0.2, 0) is 6.61 Å². The maximum Gasteiger partial charge on any atom is 0.127 e. The standard InChI is InChI=1S/C7H8N4O/c1-5-2-6(4-12)9-7(3-5)10-11-8/h2-3,12H,4H2,1H3. The Labute approximate surface area is 69.3 Å². The third-order valence-corrected chi connectivity index (χ3v) is 1.32. The maximum absolute atomic E-state index is 8.76. The molecule has 0 saturated carbocycles. The van der Waals surface area contributed by atoms with Crippen molar-refractivity contribution in [2.24, 2.45) is 5.11 Å². The zero-order valence-electron chi connectivity index (χ0n) is 6.60. The molecule has 12 heavy (non-hydrogen) atoms. The van der Waals surface area contributed by atoms with Crippen LogP contribution in [0.15, 0.2) is 17.2 Å². The zero-order valence-corrected chi connectivity index (χ0v) is 6.60. The summed E-state index contributed by atoms with van der Waals surface area (Å²) < 4.78 is 0. The monoisotopic (exact) mass is 164 g/mol. The fourth-order valence-corrected chi connectivity index (χ4v) is 0.898. The summed E-state index contributed by atoms with van der Waals surface area (Å²) in [5, 5.41) is 12.1. The molecule has 0 aliphatic rings. The molecule has 0 atom stereocenters. The summed E-state index contributed by atoms with van der Waals surface area (Å²) in [5.41, 5.74) is 9.55. The number of aromatic nitrogens is 1. The number of nitrogens with zero attached hydrogens (tertiary/aromatic N) is 4. The van der Waals surface area contributed by atoms with Crippen molar-refractivity contribution in [3.8, 4) is 0 Å². The van der Waals surface area contributed by atoms with E-state index in [1.54, 1.807) is 12.1 Å². The van der Waals surface area contributed by atoms with E-state index in [0.29, 0.717) is 11.5 Å². The Morgan fingerprint density at radius 2 is 2.42 bits per heavy atom. The third-order valence-electron chi connectivity index (χ3n) is 1.32. The van der Waals surface area contributed by atoms with E-state index in [9.17, 15) is 0 Å². The number of hydrogen-bond acceptors (Lipinski definition) is 3. The first-order valence-corrected chi connectivity index (χ1v) is 3.40. The van der Waals surface area contributed by atoms with Crippen molar-refractivity contribution < 1.29 is 5.11 Å². The van der Waals surface area contributed by atoms with E-state index in [1.165, 1.54) is 0 Å². The van der Waals surface area contributed by atoms with Gasteiger partial charge in [0, 0.05) is 4.91 Å². The average Bonchev–Trinajstić information content (AvgIpc) is 2.04. The molecule has 5 heteroatoms. The number of pyridine rings is 1. The molecule has 0 aliphatic carbocycles. The van der Waals surface area contributed by atoms with Crippen LogP contribution in [-0.4, -0.2) is 10.1 Å². The summed E-state index contributed by atoms with van der Waals surface area (Å²) in [5.74, 6) is 0.293. The van der Waals surface area contributed by atoms with Gasteiger partial charge in [-0.25, -0.2) is 4.98 Å². The van der Waals surface area contributed by atoms with Crippen LogP contribution in [0.25, 0.3) is 10.4 Å². The van der Waals surface area contributed by atoms with E-state index in [1.807, 2.05) is 6.92 Å². The molecule has 0 aliphatic heterocycles. The minimum absolute atomic E-state index is 0.143. The number of aliphatic hydroxyl groups is 1. The number of hydrogen-bond donors (Lipinski definition) is 1. The van der Waals surface area contributed by atoms with Crippen molar-refractivity contribution >= 4 is 5.82 Å². The van der Waals surface area contributed by atoms with Crippen LogP contribution < -0.4 is 0 Å². The van der Waals surface area contributed by atoms with Crippen molar-refractivity contribution in [3.63, 3.8) is 0 Å². The Morgan fingerprint density at radius 1 is 1.67 bits per heavy atom. The van der Waals surface area contributed by atoms with Gasteiger partial charge in [0.1, 0.15) is 5.82 Å². The lowest BCUT2D eigenvalue weighted by molar-refractivity contribution is 0.277. The Kier molecular flexibility index (Phi) is 2.63. The predicted molar refractivity (Wildman–Crippen MR) is 43.7 cm³/mol. The lowest BCUT2D eigenvalue weighted by Gasteiger charge is -1.98. The largest absolute Gasteiger partial charge is 0.390 e. The molecule has 1 rings (SSSR count). The Balaban J connectivity index is 3.14. The minimum atomic E-state index is -0.143. The fourth-order valence-electron chi connectivity index (χ4n) is 0.898. The summed E-state index contributed by atoms with van der Waals surface area (Å²) in [7, 11) is 0. The summed E-state index contributed by atoms with van der Waals surface area (Å²) in [6.45, 7) is 1.70. The molecule has 1 aromatic heterocycles. The van der Waals surface area contributed by atoms with Gasteiger partial charge in [0.15, 0.2) is 0 Å². The molecule has 0 radical (unpaired) electrons. The van der Waals surface area contributed by atoms with E-state index >= 15 is 0 Å². The van der Waals surface area contributed by atoms with Crippen LogP contribution in [0.1, 0.15) is 11.3 Å². The van der Waals surface area contributed by atoms with Crippen molar-refractivity contribution in [1.29, 1.82) is 0 Å². The number of aryl methyl sites for hydroxylation is 1. The fraction of sp³-hybridized carbons (Fsp3) is 0.286. The average molecular weight is 164 g/mol. The smallest absolute Gasteiger partial charge is 0.127 e. The molecule has 0 unspecified atom stereocenters. The van der Waals surface area contributed by atoms with Crippen molar-refractivity contribution in [2.75, 3.05) is 0 Å². The molecule has 0 fully saturated rings. The maximum atomic E-state index is 8.76. The van der Waals surface area contributed by atoms with E-state index in [4.69, 9.17) is 10.6 Å². The van der Waals surface area contributed by atoms with Gasteiger partial charge < -0.3 is 5.11 Å². The number of rotatable bonds is 2. The molecule has 1 aromatic rings. The lowest BCUT2D eigenvalue weighted by Crippen LogP contribution is -1.89. The molecule has 0 bridgehead atoms. The molecule has 62 valence electrons. The normalized spacial score (nSPS) is 9.17. The van der Waals surface area contributed by atoms with Crippen LogP contribution in [0.5, 0.6) is 0 Å². The second-order valence-corrected chi connectivity index (χ2v) is 2.34. The highest BCUT2D eigenvalue weighted by Gasteiger charge is 1.96. The highest BCUT2D eigenvalue weighted by Crippen LogP contribution is 2.12. The summed E-state index contributed by atoms with van der Waals surface area (Å²) in [6, 6.07) is 3.38. The molecular weight excluding hydrogens is 156 g/mol. The highest BCUT2D eigenvalue weighted by atomic mass is 16.3. The quantitative estimate of drug-likeness (QED) is 0.411. The molecule has 5 nitrogen and oxygen atoms in total. The Morgan fingerprint density at radius 3 is 3.00 bits per heavy atom. The second kappa shape index (κ2) is 3.71. The number of azide groups is 1. The zero-order chi connectivity index (χ0) is 8.97. The van der Waals surface area contributed by atoms with Crippen LogP contribution in [0.4, 0.5) is 5.82 Å². The first-order chi connectivity index (χ1) is 5.76. The van der Waals surface area contributed by atoms with Gasteiger partial charge in [0.25, 0.3) is 0 Å². The number of aliphatic hydroxyl groups excluding tert-OH is 1. The predicted octanol–water partition coefficient (Wildman–Crippen LogP) is 1.82. The van der Waals surface area contributed by atoms with Crippen LogP contribution >= 0.6 is 0 Å². The van der Waals surface area contributed by atoms with Gasteiger partial charge >= 0.3 is 0 Å². The van der Waals surface area contributed by atoms with E-state index in [2.05, 4.69) is 15.0 Å². The summed E-state index contributed by atoms with van der Waals surface area (Å²) in [6.07, 6.45) is 0. The van der Waals surface area contributed by atoms with E-state index in [0.717, 1.165) is 5.56 Å². The summed E-state index contributed by atoms with van der Waals surface area (Å²) in [4.78, 5) is 6.47. The third kappa shape index (κ3) is 1.95. The highest BCUT2D eigenvalue weighted by molar-refractivity contribution is 5.33. The van der Waals surface area contributed by atoms with Gasteiger partial charge in [-0.05, 0) is 35.3 Å². The molecule has 1 N–H and O–H groups in total. The van der Waals surface area contributed by atoms with Crippen LogP contribution in [0.3, 0.4) is 0 Å². The van der Waals surface area contributed by atoms with E-state index in [-0.39, 0.29) is 6.61 Å². The van der Waals surface area contributed by atoms with Crippen molar-refractivity contribution in [1.82, 2.24) is 4.98 Å². The summed E-state index contributed by atoms with van der Waals surface area (Å²) >= 11 is 0. The van der Waals surface area contributed by atoms with Gasteiger partial charge in [-0.15, -0.1) is 0 Å². The van der Waals surface area contributed by atoms with Crippen LogP contribution in [0.2, 0.25) is 0 Å². The van der Waals surface area contributed by atoms with Gasteiger partial charge in [0.2, 0.25) is 0 Å². The molecular formula is C7H8N4O. The lowest BCUT2D eigenvalue weighted by atomic mass is 10.2. The van der Waals surface area contributed by atoms with Gasteiger partial charge in [-0.2, -0.15) is 0 Å². The van der Waals surface area contributed by atoms with E-state index < -0.39 is 0 Å². The first kappa shape index (κ1) is 8.52. The van der Waals surface area contributed by atoms with Crippen molar-refractivity contribution in [2.45, 2.75) is 13.5 Å². The molecule has 0 aromatic carbocycles. The Bertz CT molecular complexity index is 330. The molecule has 0 saturated heterocycles. The van der Waals surface area contributed by atoms with Gasteiger partial charge in [0.05, 0.1) is 12.3 Å². The Hall–Kier alpha value is -1.58. The van der Waals surface area contributed by atoms with Crippen LogP contribution in [0, 0.1) is 6.92 Å². The van der Waals surface area contributed by atoms with Crippen molar-refractivity contribution in [3.05, 3.63) is 33.8 Å². The minimum Gasteiger partial charge on any atom is -0.390 e.